The topological polar surface area (TPSA) is 143 Å². The maximum atomic E-state index is 12.1. The molecule has 11 nitrogen and oxygen atoms in total. The third-order valence-electron chi connectivity index (χ3n) is 3.47. The Bertz CT molecular complexity index is 812. The number of carbonyl (C=O) groups is 3. The highest BCUT2D eigenvalue weighted by Crippen LogP contribution is 2.33. The quantitative estimate of drug-likeness (QED) is 0.502. The number of ether oxygens (including phenoxy) is 4. The van der Waals surface area contributed by atoms with Crippen LogP contribution in [0.4, 0.5) is 0 Å². The van der Waals surface area contributed by atoms with Gasteiger partial charge >= 0.3 is 23.6 Å². The number of rotatable bonds is 5. The molecule has 0 unspecified atom stereocenters. The van der Waals surface area contributed by atoms with Gasteiger partial charge < -0.3 is 18.9 Å². The largest absolute Gasteiger partial charge is 0.463 e. The van der Waals surface area contributed by atoms with Crippen LogP contribution in [0.5, 0.6) is 0 Å². The molecule has 1 fully saturated rings. The van der Waals surface area contributed by atoms with Gasteiger partial charge in [0.2, 0.25) is 0 Å². The van der Waals surface area contributed by atoms with Crippen LogP contribution in [-0.4, -0.2) is 52.4 Å². The summed E-state index contributed by atoms with van der Waals surface area (Å²) < 4.78 is 21.9. The van der Waals surface area contributed by atoms with Gasteiger partial charge in [0.05, 0.1) is 0 Å². The number of hydrogen-bond donors (Lipinski definition) is 1. The standard InChI is InChI=1S/C15H18N2O9/c1-7(18)23-6-10-12(24-8(2)19)13(25-9(3)20)14(26-10)17-5-4-11(21)16-15(17)22/h4-5,10,12-14H,6H2,1-3H3,(H,16,21,22)/t10-,12+,13-,14+/m0/s1. The molecule has 2 rings (SSSR count). The molecule has 1 aliphatic heterocycles. The minimum atomic E-state index is -1.20. The number of aromatic nitrogens is 2. The zero-order valence-corrected chi connectivity index (χ0v) is 14.3. The van der Waals surface area contributed by atoms with Crippen molar-refractivity contribution in [2.24, 2.45) is 0 Å². The summed E-state index contributed by atoms with van der Waals surface area (Å²) in [6.45, 7) is 3.17. The average Bonchev–Trinajstić information content (AvgIpc) is 2.82. The summed E-state index contributed by atoms with van der Waals surface area (Å²) in [5, 5.41) is 0. The number of nitrogens with zero attached hydrogens (tertiary/aromatic N) is 1. The molecule has 142 valence electrons. The van der Waals surface area contributed by atoms with E-state index in [1.54, 1.807) is 0 Å². The molecular formula is C15H18N2O9. The molecule has 1 aromatic heterocycles. The second kappa shape index (κ2) is 7.95. The highest BCUT2D eigenvalue weighted by molar-refractivity contribution is 5.67. The Labute approximate surface area is 146 Å². The number of carbonyl (C=O) groups excluding carboxylic acids is 3. The van der Waals surface area contributed by atoms with E-state index in [0.717, 1.165) is 30.7 Å². The predicted molar refractivity (Wildman–Crippen MR) is 83.0 cm³/mol. The van der Waals surface area contributed by atoms with Crippen LogP contribution in [0.1, 0.15) is 27.0 Å². The zero-order valence-electron chi connectivity index (χ0n) is 14.3. The highest BCUT2D eigenvalue weighted by atomic mass is 16.7. The molecule has 0 aromatic carbocycles. The van der Waals surface area contributed by atoms with Crippen LogP contribution in [0.15, 0.2) is 21.9 Å². The van der Waals surface area contributed by atoms with E-state index in [-0.39, 0.29) is 6.61 Å². The van der Waals surface area contributed by atoms with Crippen molar-refractivity contribution in [3.05, 3.63) is 33.1 Å². The van der Waals surface area contributed by atoms with E-state index >= 15 is 0 Å². The number of nitrogens with one attached hydrogen (secondary N) is 1. The molecule has 0 amide bonds. The third kappa shape index (κ3) is 4.57. The molecule has 11 heteroatoms. The molecule has 1 aromatic rings. The van der Waals surface area contributed by atoms with Gasteiger partial charge in [-0.2, -0.15) is 0 Å². The Morgan fingerprint density at radius 3 is 2.23 bits per heavy atom. The number of aromatic amines is 1. The molecule has 2 heterocycles. The molecule has 4 atom stereocenters. The molecule has 26 heavy (non-hydrogen) atoms. The molecule has 0 spiro atoms. The summed E-state index contributed by atoms with van der Waals surface area (Å²) in [4.78, 5) is 59.3. The number of H-pyrrole nitrogens is 1. The van der Waals surface area contributed by atoms with Gasteiger partial charge in [-0.05, 0) is 0 Å². The van der Waals surface area contributed by atoms with Crippen LogP contribution in [0, 0.1) is 0 Å². The SMILES string of the molecule is CC(=O)OC[C@@H]1O[C@@H](n2ccc(=O)[nH]c2=O)[C@@H](OC(C)=O)[C@@H]1OC(C)=O. The van der Waals surface area contributed by atoms with Crippen LogP contribution in [-0.2, 0) is 33.3 Å². The Morgan fingerprint density at radius 1 is 1.08 bits per heavy atom. The van der Waals surface area contributed by atoms with Crippen LogP contribution in [0.3, 0.4) is 0 Å². The minimum Gasteiger partial charge on any atom is -0.463 e. The molecule has 0 saturated carbocycles. The Hall–Kier alpha value is -2.95. The lowest BCUT2D eigenvalue weighted by Crippen LogP contribution is -2.42. The average molecular weight is 370 g/mol. The molecule has 1 aliphatic rings. The molecule has 0 bridgehead atoms. The van der Waals surface area contributed by atoms with E-state index in [9.17, 15) is 24.0 Å². The summed E-state index contributed by atoms with van der Waals surface area (Å²) in [5.74, 6) is -1.98. The van der Waals surface area contributed by atoms with Crippen molar-refractivity contribution in [3.63, 3.8) is 0 Å². The molecule has 0 aliphatic carbocycles. The van der Waals surface area contributed by atoms with Gasteiger partial charge in [-0.1, -0.05) is 0 Å². The van der Waals surface area contributed by atoms with E-state index in [4.69, 9.17) is 18.9 Å². The van der Waals surface area contributed by atoms with E-state index in [1.165, 1.54) is 6.92 Å². The summed E-state index contributed by atoms with van der Waals surface area (Å²) >= 11 is 0. The van der Waals surface area contributed by atoms with Crippen molar-refractivity contribution in [1.82, 2.24) is 9.55 Å². The van der Waals surface area contributed by atoms with Gasteiger partial charge in [0.1, 0.15) is 12.7 Å². The fourth-order valence-corrected chi connectivity index (χ4v) is 2.54. The lowest BCUT2D eigenvalue weighted by molar-refractivity contribution is -0.166. The summed E-state index contributed by atoms with van der Waals surface area (Å²) in [7, 11) is 0. The number of esters is 3. The Kier molecular flexibility index (Phi) is 5.93. The highest BCUT2D eigenvalue weighted by Gasteiger charge is 2.50. The lowest BCUT2D eigenvalue weighted by Gasteiger charge is -2.23. The second-order valence-electron chi connectivity index (χ2n) is 5.53. The van der Waals surface area contributed by atoms with Crippen LogP contribution < -0.4 is 11.2 Å². The monoisotopic (exact) mass is 370 g/mol. The molecule has 0 radical (unpaired) electrons. The van der Waals surface area contributed by atoms with E-state index in [1.807, 2.05) is 4.98 Å². The first kappa shape index (κ1) is 19.4. The predicted octanol–water partition coefficient (Wildman–Crippen LogP) is -1.14. The molecular weight excluding hydrogens is 352 g/mol. The van der Waals surface area contributed by atoms with Crippen LogP contribution >= 0.6 is 0 Å². The fraction of sp³-hybridized carbons (Fsp3) is 0.533. The summed E-state index contributed by atoms with van der Waals surface area (Å²) in [6.07, 6.45) is -3.36. The molecule has 1 N–H and O–H groups in total. The second-order valence-corrected chi connectivity index (χ2v) is 5.53. The maximum Gasteiger partial charge on any atom is 0.330 e. The van der Waals surface area contributed by atoms with Gasteiger partial charge in [0.15, 0.2) is 18.4 Å². The first-order valence-electron chi connectivity index (χ1n) is 7.63. The molecule has 1 saturated heterocycles. The first-order chi connectivity index (χ1) is 12.2. The van der Waals surface area contributed by atoms with Gasteiger partial charge in [-0.25, -0.2) is 4.79 Å². The van der Waals surface area contributed by atoms with Crippen molar-refractivity contribution in [1.29, 1.82) is 0 Å². The van der Waals surface area contributed by atoms with E-state index in [0.29, 0.717) is 0 Å². The lowest BCUT2D eigenvalue weighted by atomic mass is 10.1. The van der Waals surface area contributed by atoms with E-state index in [2.05, 4.69) is 0 Å². The van der Waals surface area contributed by atoms with E-state index < -0.39 is 53.7 Å². The summed E-state index contributed by atoms with van der Waals surface area (Å²) in [6, 6.07) is 1.08. The van der Waals surface area contributed by atoms with Crippen molar-refractivity contribution >= 4 is 17.9 Å². The van der Waals surface area contributed by atoms with Gasteiger partial charge in [-0.15, -0.1) is 0 Å². The van der Waals surface area contributed by atoms with Gasteiger partial charge in [0, 0.05) is 33.0 Å². The van der Waals surface area contributed by atoms with Crippen LogP contribution in [0.25, 0.3) is 0 Å². The zero-order chi connectivity index (χ0) is 19.4. The van der Waals surface area contributed by atoms with Crippen molar-refractivity contribution < 1.29 is 33.3 Å². The Balaban J connectivity index is 2.41. The van der Waals surface area contributed by atoms with Crippen LogP contribution in [0.2, 0.25) is 0 Å². The number of hydrogen-bond acceptors (Lipinski definition) is 9. The smallest absolute Gasteiger partial charge is 0.330 e. The first-order valence-corrected chi connectivity index (χ1v) is 7.63. The maximum absolute atomic E-state index is 12.1. The fourth-order valence-electron chi connectivity index (χ4n) is 2.54. The minimum absolute atomic E-state index is 0.292. The Morgan fingerprint density at radius 2 is 1.69 bits per heavy atom. The van der Waals surface area contributed by atoms with Gasteiger partial charge in [0.25, 0.3) is 5.56 Å². The van der Waals surface area contributed by atoms with Crippen molar-refractivity contribution in [2.45, 2.75) is 45.3 Å². The normalized spacial score (nSPS) is 24.7. The van der Waals surface area contributed by atoms with Gasteiger partial charge in [-0.3, -0.25) is 28.7 Å². The van der Waals surface area contributed by atoms with Crippen molar-refractivity contribution in [3.8, 4) is 0 Å². The van der Waals surface area contributed by atoms with Crippen molar-refractivity contribution in [2.75, 3.05) is 6.61 Å². The third-order valence-corrected chi connectivity index (χ3v) is 3.47. The summed E-state index contributed by atoms with van der Waals surface area (Å²) in [5.41, 5.74) is -1.43.